The van der Waals surface area contributed by atoms with Crippen LogP contribution in [0.15, 0.2) is 231 Å². The summed E-state index contributed by atoms with van der Waals surface area (Å²) >= 11 is 0. The Labute approximate surface area is 387 Å². The van der Waals surface area contributed by atoms with Crippen molar-refractivity contribution >= 4 is 21.8 Å². The third kappa shape index (κ3) is 7.59. The lowest BCUT2D eigenvalue weighted by Crippen LogP contribution is -2.08. The zero-order chi connectivity index (χ0) is 44.6. The van der Waals surface area contributed by atoms with Crippen LogP contribution < -0.4 is 0 Å². The lowest BCUT2D eigenvalue weighted by molar-refractivity contribution is 0.625. The summed E-state index contributed by atoms with van der Waals surface area (Å²) in [6.07, 6.45) is 0. The SMILES string of the molecule is Cc1c(-c2ccccc2)nc(-c2cc(-c3ccccc3)cc(-c3ccccc3)c2)nc1-c1cc(-c2ccc3c(c2)c2ccccc2n3-c2ccccc2)ccc1C(C)C(C)c1ccccc1. The van der Waals surface area contributed by atoms with Crippen molar-refractivity contribution in [1.29, 1.82) is 0 Å². The molecule has 316 valence electrons. The van der Waals surface area contributed by atoms with Crippen LogP contribution in [-0.4, -0.2) is 14.5 Å². The van der Waals surface area contributed by atoms with Crippen LogP contribution in [0, 0.1) is 6.92 Å². The number of fused-ring (bicyclic) bond motifs is 3. The minimum absolute atomic E-state index is 0.173. The highest BCUT2D eigenvalue weighted by atomic mass is 15.0. The van der Waals surface area contributed by atoms with Crippen LogP contribution in [0.5, 0.6) is 0 Å². The van der Waals surface area contributed by atoms with Crippen molar-refractivity contribution in [2.24, 2.45) is 0 Å². The number of nitrogens with zero attached hydrogens (tertiary/aromatic N) is 3. The maximum atomic E-state index is 5.69. The lowest BCUT2D eigenvalue weighted by Gasteiger charge is -2.25. The first-order chi connectivity index (χ1) is 32.5. The van der Waals surface area contributed by atoms with Gasteiger partial charge in [-0.15, -0.1) is 0 Å². The molecule has 0 aliphatic carbocycles. The van der Waals surface area contributed by atoms with E-state index in [0.717, 1.165) is 72.7 Å². The van der Waals surface area contributed by atoms with Gasteiger partial charge in [-0.05, 0) is 118 Å². The molecule has 9 aromatic carbocycles. The molecule has 2 atom stereocenters. The Kier molecular flexibility index (Phi) is 10.7. The Morgan fingerprint density at radius 2 is 0.864 bits per heavy atom. The van der Waals surface area contributed by atoms with Crippen LogP contribution in [0.4, 0.5) is 0 Å². The molecule has 2 heterocycles. The third-order valence-corrected chi connectivity index (χ3v) is 13.5. The molecule has 0 N–H and O–H groups in total. The summed E-state index contributed by atoms with van der Waals surface area (Å²) in [5, 5.41) is 2.46. The normalized spacial score (nSPS) is 12.3. The topological polar surface area (TPSA) is 30.7 Å². The molecule has 0 aliphatic rings. The van der Waals surface area contributed by atoms with Crippen LogP contribution in [0.2, 0.25) is 0 Å². The molecule has 0 aliphatic heterocycles. The number of hydrogen-bond acceptors (Lipinski definition) is 2. The van der Waals surface area contributed by atoms with E-state index in [-0.39, 0.29) is 11.8 Å². The molecule has 66 heavy (non-hydrogen) atoms. The highest BCUT2D eigenvalue weighted by Crippen LogP contribution is 2.44. The summed E-state index contributed by atoms with van der Waals surface area (Å²) in [4.78, 5) is 11.2. The highest BCUT2D eigenvalue weighted by molar-refractivity contribution is 6.10. The molecule has 3 nitrogen and oxygen atoms in total. The maximum Gasteiger partial charge on any atom is 0.160 e. The molecular weight excluding hydrogens is 799 g/mol. The fourth-order valence-electron chi connectivity index (χ4n) is 9.80. The molecule has 0 fully saturated rings. The summed E-state index contributed by atoms with van der Waals surface area (Å²) in [6, 6.07) is 82.9. The second-order valence-corrected chi connectivity index (χ2v) is 17.5. The first-order valence-electron chi connectivity index (χ1n) is 23.0. The summed E-state index contributed by atoms with van der Waals surface area (Å²) < 4.78 is 2.38. The molecule has 0 saturated carbocycles. The van der Waals surface area contributed by atoms with E-state index in [1.54, 1.807) is 0 Å². The summed E-state index contributed by atoms with van der Waals surface area (Å²) in [5.74, 6) is 1.12. The van der Waals surface area contributed by atoms with Gasteiger partial charge in [0.2, 0.25) is 0 Å². The van der Waals surface area contributed by atoms with Crippen molar-refractivity contribution < 1.29 is 0 Å². The molecule has 0 radical (unpaired) electrons. The number of benzene rings is 9. The zero-order valence-electron chi connectivity index (χ0n) is 37.4. The van der Waals surface area contributed by atoms with Crippen molar-refractivity contribution in [3.05, 3.63) is 247 Å². The van der Waals surface area contributed by atoms with Gasteiger partial charge in [-0.1, -0.05) is 190 Å². The molecule has 0 amide bonds. The number of rotatable bonds is 10. The first-order valence-corrected chi connectivity index (χ1v) is 23.0. The first kappa shape index (κ1) is 40.6. The summed E-state index contributed by atoms with van der Waals surface area (Å²) in [7, 11) is 0. The molecule has 2 unspecified atom stereocenters. The predicted molar refractivity (Wildman–Crippen MR) is 277 cm³/mol. The number of hydrogen-bond donors (Lipinski definition) is 0. The quantitative estimate of drug-likeness (QED) is 0.137. The van der Waals surface area contributed by atoms with Crippen molar-refractivity contribution in [2.45, 2.75) is 32.6 Å². The average molecular weight is 848 g/mol. The van der Waals surface area contributed by atoms with E-state index in [9.17, 15) is 0 Å². The second kappa shape index (κ2) is 17.4. The van der Waals surface area contributed by atoms with Gasteiger partial charge < -0.3 is 4.57 Å². The summed E-state index contributed by atoms with van der Waals surface area (Å²) in [6.45, 7) is 6.91. The lowest BCUT2D eigenvalue weighted by atomic mass is 9.80. The highest BCUT2D eigenvalue weighted by Gasteiger charge is 2.25. The molecule has 2 aromatic heterocycles. The van der Waals surface area contributed by atoms with Crippen LogP contribution in [0.3, 0.4) is 0 Å². The van der Waals surface area contributed by atoms with E-state index < -0.39 is 0 Å². The molecule has 0 bridgehead atoms. The van der Waals surface area contributed by atoms with Crippen LogP contribution >= 0.6 is 0 Å². The predicted octanol–water partition coefficient (Wildman–Crippen LogP) is 16.8. The minimum atomic E-state index is 0.173. The van der Waals surface area contributed by atoms with Crippen molar-refractivity contribution in [2.75, 3.05) is 0 Å². The standard InChI is InChI=1S/C63H49N3/c1-42(45-21-9-4-10-22-45)43(2)55-35-33-49(50-34-36-60-57(40-50)56-31-19-20-32-59(56)66(60)54-29-17-8-18-30-54)41-58(55)62-44(3)61(48-27-15-7-16-28-48)64-63(65-62)53-38-51(46-23-11-5-12-24-46)37-52(39-53)47-25-13-6-14-26-47/h4-43H,1-3H3. The van der Waals surface area contributed by atoms with Gasteiger partial charge in [0.05, 0.1) is 22.4 Å². The fraction of sp³-hybridized carbons (Fsp3) is 0.0794. The van der Waals surface area contributed by atoms with Crippen molar-refractivity contribution in [1.82, 2.24) is 14.5 Å². The molecule has 11 rings (SSSR count). The van der Waals surface area contributed by atoms with Gasteiger partial charge in [0.25, 0.3) is 0 Å². The Bertz CT molecular complexity index is 3430. The number of aromatic nitrogens is 3. The number of para-hydroxylation sites is 2. The Morgan fingerprint density at radius 1 is 0.364 bits per heavy atom. The Balaban J connectivity index is 1.15. The third-order valence-electron chi connectivity index (χ3n) is 13.5. The van der Waals surface area contributed by atoms with E-state index in [1.165, 1.54) is 32.9 Å². The van der Waals surface area contributed by atoms with Crippen LogP contribution in [0.1, 0.15) is 42.4 Å². The van der Waals surface area contributed by atoms with Crippen LogP contribution in [0.25, 0.3) is 94.8 Å². The minimum Gasteiger partial charge on any atom is -0.309 e. The maximum absolute atomic E-state index is 5.69. The molecule has 0 saturated heterocycles. The van der Waals surface area contributed by atoms with Crippen LogP contribution in [-0.2, 0) is 0 Å². The molecule has 0 spiro atoms. The average Bonchev–Trinajstić information content (AvgIpc) is 3.73. The van der Waals surface area contributed by atoms with Gasteiger partial charge in [0.15, 0.2) is 5.82 Å². The van der Waals surface area contributed by atoms with E-state index in [2.05, 4.69) is 256 Å². The van der Waals surface area contributed by atoms with E-state index >= 15 is 0 Å². The van der Waals surface area contributed by atoms with E-state index in [4.69, 9.17) is 9.97 Å². The Hall–Kier alpha value is -8.14. The van der Waals surface area contributed by atoms with Crippen molar-refractivity contribution in [3.63, 3.8) is 0 Å². The summed E-state index contributed by atoms with van der Waals surface area (Å²) in [5.41, 5.74) is 19.0. The van der Waals surface area contributed by atoms with Crippen molar-refractivity contribution in [3.8, 4) is 73.0 Å². The Morgan fingerprint density at radius 3 is 1.52 bits per heavy atom. The van der Waals surface area contributed by atoms with E-state index in [1.807, 2.05) is 0 Å². The van der Waals surface area contributed by atoms with Gasteiger partial charge in [0, 0.05) is 38.7 Å². The smallest absolute Gasteiger partial charge is 0.160 e. The van der Waals surface area contributed by atoms with Gasteiger partial charge in [0.1, 0.15) is 0 Å². The largest absolute Gasteiger partial charge is 0.309 e. The molecule has 3 heteroatoms. The second-order valence-electron chi connectivity index (χ2n) is 17.5. The monoisotopic (exact) mass is 847 g/mol. The molecular formula is C63H49N3. The van der Waals surface area contributed by atoms with Gasteiger partial charge in [-0.3, -0.25) is 0 Å². The molecule has 11 aromatic rings. The van der Waals surface area contributed by atoms with Gasteiger partial charge >= 0.3 is 0 Å². The zero-order valence-corrected chi connectivity index (χ0v) is 37.4. The fourth-order valence-corrected chi connectivity index (χ4v) is 9.80. The van der Waals surface area contributed by atoms with Gasteiger partial charge in [-0.2, -0.15) is 0 Å². The van der Waals surface area contributed by atoms with E-state index in [0.29, 0.717) is 5.82 Å². The van der Waals surface area contributed by atoms with Gasteiger partial charge in [-0.25, -0.2) is 9.97 Å².